The Morgan fingerprint density at radius 1 is 1.07 bits per heavy atom. The van der Waals surface area contributed by atoms with Crippen molar-refractivity contribution in [1.82, 2.24) is 5.01 Å². The zero-order valence-electron chi connectivity index (χ0n) is 17.0. The van der Waals surface area contributed by atoms with Crippen LogP contribution in [0.4, 0.5) is 0 Å². The molecule has 2 heterocycles. The number of amides is 1. The first-order chi connectivity index (χ1) is 14.4. The number of ether oxygens (including phenoxy) is 1. The zero-order valence-corrected chi connectivity index (χ0v) is 17.8. The highest BCUT2D eigenvalue weighted by Crippen LogP contribution is 2.31. The molecule has 0 fully saturated rings. The highest BCUT2D eigenvalue weighted by Gasteiger charge is 2.36. The van der Waals surface area contributed by atoms with E-state index in [-0.39, 0.29) is 23.4 Å². The lowest BCUT2D eigenvalue weighted by atomic mass is 10.1. The molecule has 2 aromatic rings. The Bertz CT molecular complexity index is 1070. The Morgan fingerprint density at radius 2 is 1.77 bits per heavy atom. The van der Waals surface area contributed by atoms with E-state index < -0.39 is 5.91 Å². The number of hydrogen-bond donors (Lipinski definition) is 1. The van der Waals surface area contributed by atoms with Crippen LogP contribution in [0.1, 0.15) is 38.0 Å². The lowest BCUT2D eigenvalue weighted by Crippen LogP contribution is -2.35. The van der Waals surface area contributed by atoms with Crippen LogP contribution < -0.4 is 4.74 Å². The summed E-state index contributed by atoms with van der Waals surface area (Å²) < 4.78 is 6.00. The molecular formula is C23H22N4O2S. The smallest absolute Gasteiger partial charge is 0.283 e. The first-order valence-electron chi connectivity index (χ1n) is 9.74. The van der Waals surface area contributed by atoms with E-state index in [0.29, 0.717) is 5.17 Å². The summed E-state index contributed by atoms with van der Waals surface area (Å²) in [5.41, 5.74) is 2.12. The monoisotopic (exact) mass is 418 g/mol. The molecule has 7 heteroatoms. The van der Waals surface area contributed by atoms with E-state index in [0.717, 1.165) is 21.9 Å². The van der Waals surface area contributed by atoms with Crippen LogP contribution in [-0.4, -0.2) is 27.0 Å². The minimum absolute atomic E-state index is 0.0474. The van der Waals surface area contributed by atoms with Gasteiger partial charge in [-0.15, -0.1) is 0 Å². The summed E-state index contributed by atoms with van der Waals surface area (Å²) in [4.78, 5) is 16.6. The molecule has 1 amide bonds. The van der Waals surface area contributed by atoms with Gasteiger partial charge in [0.05, 0.1) is 5.57 Å². The van der Waals surface area contributed by atoms with Gasteiger partial charge in [0.25, 0.3) is 5.91 Å². The van der Waals surface area contributed by atoms with Crippen molar-refractivity contribution >= 4 is 39.8 Å². The van der Waals surface area contributed by atoms with Crippen molar-refractivity contribution in [2.75, 3.05) is 0 Å². The molecule has 0 aliphatic carbocycles. The number of hydrogen-bond acceptors (Lipinski definition) is 5. The standard InChI is InChI=1S/C23H22N4O2S/c1-14(2)22-26-27-20(24)19(21(28)25-23(27)30-22)13-16-9-11-18(12-10-16)29-15(3)17-7-5-4-6-8-17/h4-15,24H,1-3H3/b19-13-,24-20?/t15-/m1/s1. The van der Waals surface area contributed by atoms with Crippen LogP contribution in [0, 0.1) is 11.3 Å². The van der Waals surface area contributed by atoms with E-state index in [2.05, 4.69) is 10.1 Å². The minimum Gasteiger partial charge on any atom is -0.486 e. The molecule has 1 atom stereocenters. The molecule has 30 heavy (non-hydrogen) atoms. The molecule has 0 saturated heterocycles. The van der Waals surface area contributed by atoms with Crippen molar-refractivity contribution in [2.45, 2.75) is 26.9 Å². The molecule has 2 aliphatic rings. The fraction of sp³-hybridized carbons (Fsp3) is 0.217. The fourth-order valence-electron chi connectivity index (χ4n) is 3.05. The van der Waals surface area contributed by atoms with Gasteiger partial charge in [-0.3, -0.25) is 10.2 Å². The lowest BCUT2D eigenvalue weighted by molar-refractivity contribution is -0.114. The molecule has 0 unspecified atom stereocenters. The van der Waals surface area contributed by atoms with Crippen LogP contribution >= 0.6 is 11.8 Å². The van der Waals surface area contributed by atoms with E-state index in [9.17, 15) is 4.79 Å². The van der Waals surface area contributed by atoms with Gasteiger partial charge in [-0.25, -0.2) is 0 Å². The van der Waals surface area contributed by atoms with Crippen molar-refractivity contribution in [3.05, 3.63) is 71.3 Å². The second-order valence-corrected chi connectivity index (χ2v) is 8.34. The molecule has 1 N–H and O–H groups in total. The van der Waals surface area contributed by atoms with Crippen molar-refractivity contribution in [2.24, 2.45) is 16.0 Å². The lowest BCUT2D eigenvalue weighted by Gasteiger charge is -2.20. The normalized spacial score (nSPS) is 18.4. The van der Waals surface area contributed by atoms with E-state index in [4.69, 9.17) is 10.1 Å². The number of fused-ring (bicyclic) bond motifs is 1. The number of thioether (sulfide) groups is 1. The number of nitrogens with one attached hydrogen (secondary N) is 1. The van der Waals surface area contributed by atoms with Crippen molar-refractivity contribution in [3.8, 4) is 5.75 Å². The Morgan fingerprint density at radius 3 is 2.43 bits per heavy atom. The molecule has 0 aromatic heterocycles. The number of carbonyl (C=O) groups excluding carboxylic acids is 1. The molecule has 2 aromatic carbocycles. The molecule has 0 spiro atoms. The van der Waals surface area contributed by atoms with E-state index in [1.165, 1.54) is 16.8 Å². The van der Waals surface area contributed by atoms with Crippen molar-refractivity contribution < 1.29 is 9.53 Å². The number of hydrazone groups is 1. The summed E-state index contributed by atoms with van der Waals surface area (Å²) in [6, 6.07) is 17.5. The van der Waals surface area contributed by atoms with Gasteiger partial charge < -0.3 is 4.74 Å². The number of nitrogens with zero attached hydrogens (tertiary/aromatic N) is 3. The summed E-state index contributed by atoms with van der Waals surface area (Å²) in [5.74, 6) is 0.577. The third-order valence-electron chi connectivity index (χ3n) is 4.74. The molecule has 4 rings (SSSR count). The average molecular weight is 419 g/mol. The first-order valence-corrected chi connectivity index (χ1v) is 10.6. The van der Waals surface area contributed by atoms with Crippen LogP contribution in [-0.2, 0) is 4.79 Å². The Kier molecular flexibility index (Phi) is 5.55. The first kappa shape index (κ1) is 20.1. The molecule has 6 nitrogen and oxygen atoms in total. The Labute approximate surface area is 179 Å². The molecule has 2 aliphatic heterocycles. The van der Waals surface area contributed by atoms with E-state index in [1.54, 1.807) is 6.08 Å². The summed E-state index contributed by atoms with van der Waals surface area (Å²) >= 11 is 1.34. The summed E-state index contributed by atoms with van der Waals surface area (Å²) in [6.07, 6.45) is 1.60. The third-order valence-corrected chi connectivity index (χ3v) is 5.95. The van der Waals surface area contributed by atoms with Gasteiger partial charge in [0, 0.05) is 5.92 Å². The van der Waals surface area contributed by atoms with E-state index >= 15 is 0 Å². The van der Waals surface area contributed by atoms with Gasteiger partial charge in [0.1, 0.15) is 16.9 Å². The number of rotatable bonds is 5. The maximum Gasteiger partial charge on any atom is 0.283 e. The van der Waals surface area contributed by atoms with Gasteiger partial charge in [-0.05, 0) is 48.0 Å². The summed E-state index contributed by atoms with van der Waals surface area (Å²) in [5, 5.41) is 15.6. The topological polar surface area (TPSA) is 78.1 Å². The summed E-state index contributed by atoms with van der Waals surface area (Å²) in [7, 11) is 0. The van der Waals surface area contributed by atoms with Crippen LogP contribution in [0.2, 0.25) is 0 Å². The highest BCUT2D eigenvalue weighted by atomic mass is 32.2. The quantitative estimate of drug-likeness (QED) is 0.685. The second kappa shape index (κ2) is 8.28. The largest absolute Gasteiger partial charge is 0.486 e. The van der Waals surface area contributed by atoms with Crippen molar-refractivity contribution in [1.29, 1.82) is 5.41 Å². The number of amidine groups is 2. The molecule has 0 bridgehead atoms. The molecule has 152 valence electrons. The van der Waals surface area contributed by atoms with Gasteiger partial charge in [-0.2, -0.15) is 15.1 Å². The van der Waals surface area contributed by atoms with Crippen LogP contribution in [0.25, 0.3) is 6.08 Å². The minimum atomic E-state index is -0.419. The molecule has 0 saturated carbocycles. The fourth-order valence-corrected chi connectivity index (χ4v) is 3.94. The predicted molar refractivity (Wildman–Crippen MR) is 122 cm³/mol. The number of benzene rings is 2. The maximum absolute atomic E-state index is 12.5. The number of aliphatic imine (C=N–C) groups is 1. The summed E-state index contributed by atoms with van der Waals surface area (Å²) in [6.45, 7) is 6.05. The van der Waals surface area contributed by atoms with Crippen molar-refractivity contribution in [3.63, 3.8) is 0 Å². The third kappa shape index (κ3) is 4.07. The van der Waals surface area contributed by atoms with Gasteiger partial charge in [0.15, 0.2) is 5.84 Å². The van der Waals surface area contributed by atoms with Gasteiger partial charge in [-0.1, -0.05) is 56.3 Å². The Balaban J connectivity index is 1.51. The number of carbonyl (C=O) groups is 1. The highest BCUT2D eigenvalue weighted by molar-refractivity contribution is 8.27. The molecule has 0 radical (unpaired) electrons. The maximum atomic E-state index is 12.5. The van der Waals surface area contributed by atoms with Crippen LogP contribution in [0.15, 0.2) is 70.3 Å². The predicted octanol–water partition coefficient (Wildman–Crippen LogP) is 5.10. The Hall–Kier alpha value is -3.19. The van der Waals surface area contributed by atoms with Crippen LogP contribution in [0.5, 0.6) is 5.75 Å². The van der Waals surface area contributed by atoms with Gasteiger partial charge >= 0.3 is 0 Å². The SMILES string of the molecule is CC(C)C1=NN2C(=N)/C(=C/c3ccc(O[C@H](C)c4ccccc4)cc3)C(=O)N=C2S1. The molecular weight excluding hydrogens is 396 g/mol. The average Bonchev–Trinajstić information content (AvgIpc) is 3.17. The van der Waals surface area contributed by atoms with E-state index in [1.807, 2.05) is 75.4 Å². The zero-order chi connectivity index (χ0) is 21.3. The second-order valence-electron chi connectivity index (χ2n) is 7.35. The van der Waals surface area contributed by atoms with Gasteiger partial charge in [0.2, 0.25) is 5.17 Å². The van der Waals surface area contributed by atoms with Crippen LogP contribution in [0.3, 0.4) is 0 Å².